The van der Waals surface area contributed by atoms with Crippen LogP contribution in [0.3, 0.4) is 0 Å². The van der Waals surface area contributed by atoms with Crippen LogP contribution in [0.15, 0.2) is 48.5 Å². The van der Waals surface area contributed by atoms with Gasteiger partial charge in [-0.25, -0.2) is 0 Å². The van der Waals surface area contributed by atoms with Gasteiger partial charge in [0, 0.05) is 12.2 Å². The number of nitrogens with zero attached hydrogens (tertiary/aromatic N) is 1. The van der Waals surface area contributed by atoms with Gasteiger partial charge < -0.3 is 4.90 Å². The molecule has 1 aliphatic heterocycles. The van der Waals surface area contributed by atoms with E-state index in [4.69, 9.17) is 0 Å². The Balaban J connectivity index is 1.85. The van der Waals surface area contributed by atoms with E-state index in [0.29, 0.717) is 24.6 Å². The molecule has 1 saturated heterocycles. The van der Waals surface area contributed by atoms with Crippen molar-refractivity contribution in [2.45, 2.75) is 51.2 Å². The highest BCUT2D eigenvalue weighted by Crippen LogP contribution is 2.36. The molecular formula is C21H24F3N. The van der Waals surface area contributed by atoms with Gasteiger partial charge in [-0.15, -0.1) is 0 Å². The maximum atomic E-state index is 13.3. The molecule has 1 heterocycles. The smallest absolute Gasteiger partial charge is 0.360 e. The van der Waals surface area contributed by atoms with Gasteiger partial charge in [0.1, 0.15) is 6.04 Å². The van der Waals surface area contributed by atoms with E-state index in [9.17, 15) is 13.2 Å². The molecule has 1 unspecified atom stereocenters. The molecule has 0 N–H and O–H groups in total. The van der Waals surface area contributed by atoms with Crippen LogP contribution in [-0.4, -0.2) is 18.8 Å². The molecule has 134 valence electrons. The number of benzene rings is 2. The highest BCUT2D eigenvalue weighted by molar-refractivity contribution is 5.67. The van der Waals surface area contributed by atoms with Crippen molar-refractivity contribution in [3.8, 4) is 11.1 Å². The second-order valence-electron chi connectivity index (χ2n) is 7.07. The van der Waals surface area contributed by atoms with Crippen LogP contribution in [-0.2, 0) is 0 Å². The summed E-state index contributed by atoms with van der Waals surface area (Å²) in [6.45, 7) is 4.76. The number of rotatable bonds is 3. The molecule has 2 aromatic carbocycles. The molecule has 1 nitrogen and oxygen atoms in total. The van der Waals surface area contributed by atoms with Crippen molar-refractivity contribution in [2.75, 3.05) is 11.4 Å². The maximum absolute atomic E-state index is 13.3. The molecule has 25 heavy (non-hydrogen) atoms. The molecule has 1 aliphatic rings. The molecule has 3 rings (SSSR count). The summed E-state index contributed by atoms with van der Waals surface area (Å²) in [4.78, 5) is 1.51. The molecule has 0 aliphatic carbocycles. The van der Waals surface area contributed by atoms with Crippen LogP contribution >= 0.6 is 0 Å². The van der Waals surface area contributed by atoms with Gasteiger partial charge in [0.15, 0.2) is 0 Å². The van der Waals surface area contributed by atoms with Crippen LogP contribution < -0.4 is 4.90 Å². The van der Waals surface area contributed by atoms with E-state index in [1.807, 2.05) is 36.4 Å². The topological polar surface area (TPSA) is 3.24 Å². The van der Waals surface area contributed by atoms with Crippen molar-refractivity contribution in [3.63, 3.8) is 0 Å². The Morgan fingerprint density at radius 2 is 1.68 bits per heavy atom. The Morgan fingerprint density at radius 3 is 2.32 bits per heavy atom. The molecule has 0 bridgehead atoms. The van der Waals surface area contributed by atoms with E-state index < -0.39 is 12.2 Å². The van der Waals surface area contributed by atoms with Crippen molar-refractivity contribution >= 4 is 5.69 Å². The molecule has 1 fully saturated rings. The summed E-state index contributed by atoms with van der Waals surface area (Å²) in [7, 11) is 0. The summed E-state index contributed by atoms with van der Waals surface area (Å²) in [6.07, 6.45) is -2.54. The molecule has 2 aromatic rings. The van der Waals surface area contributed by atoms with E-state index >= 15 is 0 Å². The Kier molecular flexibility index (Phi) is 5.07. The molecule has 1 atom stereocenters. The third-order valence-corrected chi connectivity index (χ3v) is 4.97. The predicted octanol–water partition coefficient (Wildman–Crippen LogP) is 6.40. The molecule has 4 heteroatoms. The van der Waals surface area contributed by atoms with Crippen LogP contribution in [0, 0.1) is 0 Å². The SMILES string of the molecule is CC(C)c1cccc(-c2ccc(N3CCCCC3C(F)(F)F)cc2)c1. The first-order valence-corrected chi connectivity index (χ1v) is 8.90. The quantitative estimate of drug-likeness (QED) is 0.621. The molecule has 0 saturated carbocycles. The Morgan fingerprint density at radius 1 is 0.960 bits per heavy atom. The fourth-order valence-corrected chi connectivity index (χ4v) is 3.50. The van der Waals surface area contributed by atoms with E-state index in [0.717, 1.165) is 17.5 Å². The molecule has 0 amide bonds. The number of piperidine rings is 1. The van der Waals surface area contributed by atoms with Gasteiger partial charge in [-0.05, 0) is 54.0 Å². The fraction of sp³-hybridized carbons (Fsp3) is 0.429. The Hall–Kier alpha value is -1.97. The molecule has 0 aromatic heterocycles. The monoisotopic (exact) mass is 347 g/mol. The molecule has 0 radical (unpaired) electrons. The van der Waals surface area contributed by atoms with Gasteiger partial charge in [-0.2, -0.15) is 13.2 Å². The lowest BCUT2D eigenvalue weighted by molar-refractivity contribution is -0.152. The first-order chi connectivity index (χ1) is 11.9. The lowest BCUT2D eigenvalue weighted by atomic mass is 9.96. The predicted molar refractivity (Wildman–Crippen MR) is 97.0 cm³/mol. The summed E-state index contributed by atoms with van der Waals surface area (Å²) in [5.74, 6) is 0.445. The van der Waals surface area contributed by atoms with E-state index in [1.165, 1.54) is 10.5 Å². The van der Waals surface area contributed by atoms with Crippen LogP contribution in [0.2, 0.25) is 0 Å². The minimum atomic E-state index is -4.18. The van der Waals surface area contributed by atoms with Crippen LogP contribution in [0.1, 0.15) is 44.6 Å². The second kappa shape index (κ2) is 7.11. The first kappa shape index (κ1) is 17.8. The third-order valence-electron chi connectivity index (χ3n) is 4.97. The van der Waals surface area contributed by atoms with Crippen LogP contribution in [0.5, 0.6) is 0 Å². The summed E-state index contributed by atoms with van der Waals surface area (Å²) in [6, 6.07) is 14.5. The van der Waals surface area contributed by atoms with Crippen molar-refractivity contribution in [1.82, 2.24) is 0 Å². The number of hydrogen-bond acceptors (Lipinski definition) is 1. The molecular weight excluding hydrogens is 323 g/mol. The highest BCUT2D eigenvalue weighted by Gasteiger charge is 2.44. The number of hydrogen-bond donors (Lipinski definition) is 0. The highest BCUT2D eigenvalue weighted by atomic mass is 19.4. The van der Waals surface area contributed by atoms with Gasteiger partial charge in [0.05, 0.1) is 0 Å². The zero-order valence-corrected chi connectivity index (χ0v) is 14.7. The maximum Gasteiger partial charge on any atom is 0.408 e. The largest absolute Gasteiger partial charge is 0.408 e. The second-order valence-corrected chi connectivity index (χ2v) is 7.07. The van der Waals surface area contributed by atoms with Crippen molar-refractivity contribution in [3.05, 3.63) is 54.1 Å². The zero-order valence-electron chi connectivity index (χ0n) is 14.7. The van der Waals surface area contributed by atoms with Crippen molar-refractivity contribution in [2.24, 2.45) is 0 Å². The van der Waals surface area contributed by atoms with Gasteiger partial charge >= 0.3 is 6.18 Å². The summed E-state index contributed by atoms with van der Waals surface area (Å²) in [5, 5.41) is 0. The lowest BCUT2D eigenvalue weighted by Crippen LogP contribution is -2.48. The van der Waals surface area contributed by atoms with E-state index in [2.05, 4.69) is 26.0 Å². The van der Waals surface area contributed by atoms with Crippen LogP contribution in [0.4, 0.5) is 18.9 Å². The van der Waals surface area contributed by atoms with Gasteiger partial charge in [0.25, 0.3) is 0 Å². The average Bonchev–Trinajstić information content (AvgIpc) is 2.61. The summed E-state index contributed by atoms with van der Waals surface area (Å²) in [5.41, 5.74) is 4.05. The summed E-state index contributed by atoms with van der Waals surface area (Å²) >= 11 is 0. The Bertz CT molecular complexity index is 704. The zero-order chi connectivity index (χ0) is 18.0. The van der Waals surface area contributed by atoms with Gasteiger partial charge in [-0.3, -0.25) is 0 Å². The number of anilines is 1. The normalized spacial score (nSPS) is 18.6. The molecule has 0 spiro atoms. The minimum absolute atomic E-state index is 0.182. The first-order valence-electron chi connectivity index (χ1n) is 8.90. The average molecular weight is 347 g/mol. The minimum Gasteiger partial charge on any atom is -0.360 e. The fourth-order valence-electron chi connectivity index (χ4n) is 3.50. The number of halogens is 3. The lowest BCUT2D eigenvalue weighted by Gasteiger charge is -2.38. The Labute approximate surface area is 147 Å². The summed E-state index contributed by atoms with van der Waals surface area (Å²) < 4.78 is 39.9. The standard InChI is InChI=1S/C21H24F3N/c1-15(2)17-6-5-7-18(14-17)16-9-11-19(12-10-16)25-13-4-3-8-20(25)21(22,23)24/h5-7,9-12,14-15,20H,3-4,8,13H2,1-2H3. The van der Waals surface area contributed by atoms with Crippen LogP contribution in [0.25, 0.3) is 11.1 Å². The van der Waals surface area contributed by atoms with Crippen molar-refractivity contribution in [1.29, 1.82) is 0 Å². The van der Waals surface area contributed by atoms with E-state index in [1.54, 1.807) is 0 Å². The van der Waals surface area contributed by atoms with E-state index in [-0.39, 0.29) is 6.42 Å². The van der Waals surface area contributed by atoms with Crippen molar-refractivity contribution < 1.29 is 13.2 Å². The third kappa shape index (κ3) is 4.00. The van der Waals surface area contributed by atoms with Gasteiger partial charge in [-0.1, -0.05) is 50.2 Å². The number of alkyl halides is 3. The van der Waals surface area contributed by atoms with Gasteiger partial charge in [0.2, 0.25) is 0 Å².